The first-order valence-electron chi connectivity index (χ1n) is 11.2. The molecule has 3 rings (SSSR count). The number of anilines is 1. The molecule has 2 aromatic rings. The summed E-state index contributed by atoms with van der Waals surface area (Å²) in [6.45, 7) is 4.11. The molecule has 0 saturated heterocycles. The van der Waals surface area contributed by atoms with Crippen LogP contribution in [0.5, 0.6) is 0 Å². The lowest BCUT2D eigenvalue weighted by molar-refractivity contribution is -0.140. The molecule has 3 amide bonds. The maximum atomic E-state index is 12.9. The Morgan fingerprint density at radius 3 is 2.32 bits per heavy atom. The van der Waals surface area contributed by atoms with E-state index in [0.29, 0.717) is 18.7 Å². The summed E-state index contributed by atoms with van der Waals surface area (Å²) < 4.78 is 0. The standard InChI is InChI=1S/C25H30N4O5/c1-15(2)12-21(22(30)27-14-16-6-4-3-5-7-16)28-20(25(33)34)10-11-29-23(31)18-9-8-17(26)13-19(18)24(29)32/h3-9,13,15,20-21,28H,10-12,14,26H2,1-2H3,(H,27,30)(H,33,34)/t20-,21+/m1/s1. The number of hydrogen-bond acceptors (Lipinski definition) is 6. The van der Waals surface area contributed by atoms with Gasteiger partial charge in [-0.2, -0.15) is 0 Å². The molecular formula is C25H30N4O5. The lowest BCUT2D eigenvalue weighted by atomic mass is 10.0. The third-order valence-electron chi connectivity index (χ3n) is 5.67. The molecule has 34 heavy (non-hydrogen) atoms. The van der Waals surface area contributed by atoms with Crippen LogP contribution in [0.25, 0.3) is 0 Å². The van der Waals surface area contributed by atoms with Crippen molar-refractivity contribution in [3.63, 3.8) is 0 Å². The SMILES string of the molecule is CC(C)C[C@H](N[C@H](CCN1C(=O)c2ccc(N)cc2C1=O)C(=O)O)C(=O)NCc1ccccc1. The van der Waals surface area contributed by atoms with Crippen molar-refractivity contribution in [3.8, 4) is 0 Å². The second-order valence-corrected chi connectivity index (χ2v) is 8.80. The van der Waals surface area contributed by atoms with E-state index >= 15 is 0 Å². The van der Waals surface area contributed by atoms with Gasteiger partial charge in [0.1, 0.15) is 6.04 Å². The van der Waals surface area contributed by atoms with Gasteiger partial charge >= 0.3 is 5.97 Å². The van der Waals surface area contributed by atoms with Gasteiger partial charge in [-0.3, -0.25) is 29.4 Å². The number of imide groups is 1. The molecule has 0 radical (unpaired) electrons. The number of carboxylic acid groups (broad SMARTS) is 1. The molecule has 2 aromatic carbocycles. The molecule has 5 N–H and O–H groups in total. The van der Waals surface area contributed by atoms with E-state index in [1.807, 2.05) is 44.2 Å². The molecular weight excluding hydrogens is 436 g/mol. The number of nitrogen functional groups attached to an aromatic ring is 1. The normalized spacial score (nSPS) is 14.7. The van der Waals surface area contributed by atoms with E-state index in [4.69, 9.17) is 5.73 Å². The van der Waals surface area contributed by atoms with E-state index in [0.717, 1.165) is 10.5 Å². The van der Waals surface area contributed by atoms with E-state index in [1.54, 1.807) is 6.07 Å². The first-order valence-corrected chi connectivity index (χ1v) is 11.2. The van der Waals surface area contributed by atoms with Gasteiger partial charge in [0.2, 0.25) is 5.91 Å². The van der Waals surface area contributed by atoms with Crippen molar-refractivity contribution in [2.75, 3.05) is 12.3 Å². The van der Waals surface area contributed by atoms with Crippen molar-refractivity contribution >= 4 is 29.4 Å². The van der Waals surface area contributed by atoms with Crippen molar-refractivity contribution in [1.29, 1.82) is 0 Å². The molecule has 0 saturated carbocycles. The zero-order valence-electron chi connectivity index (χ0n) is 19.3. The van der Waals surface area contributed by atoms with Crippen molar-refractivity contribution in [1.82, 2.24) is 15.5 Å². The number of nitrogens with two attached hydrogens (primary N) is 1. The maximum absolute atomic E-state index is 12.9. The van der Waals surface area contributed by atoms with Crippen molar-refractivity contribution in [3.05, 3.63) is 65.2 Å². The molecule has 1 aliphatic heterocycles. The summed E-state index contributed by atoms with van der Waals surface area (Å²) >= 11 is 0. The molecule has 9 heteroatoms. The number of carbonyl (C=O) groups is 4. The third kappa shape index (κ3) is 5.99. The number of hydrogen-bond donors (Lipinski definition) is 4. The molecule has 2 atom stereocenters. The Balaban J connectivity index is 1.65. The lowest BCUT2D eigenvalue weighted by Gasteiger charge is -2.25. The first kappa shape index (κ1) is 24.9. The molecule has 0 aromatic heterocycles. The highest BCUT2D eigenvalue weighted by atomic mass is 16.4. The minimum atomic E-state index is -1.16. The average molecular weight is 467 g/mol. The van der Waals surface area contributed by atoms with E-state index in [-0.39, 0.29) is 35.9 Å². The third-order valence-corrected chi connectivity index (χ3v) is 5.67. The van der Waals surface area contributed by atoms with Crippen LogP contribution in [0.15, 0.2) is 48.5 Å². The van der Waals surface area contributed by atoms with E-state index in [2.05, 4.69) is 10.6 Å². The van der Waals surface area contributed by atoms with Crippen LogP contribution in [-0.2, 0) is 16.1 Å². The summed E-state index contributed by atoms with van der Waals surface area (Å²) in [5.41, 5.74) is 7.48. The number of carboxylic acids is 1. The Kier molecular flexibility index (Phi) is 8.01. The summed E-state index contributed by atoms with van der Waals surface area (Å²) in [4.78, 5) is 51.1. The molecule has 0 aliphatic carbocycles. The zero-order valence-corrected chi connectivity index (χ0v) is 19.3. The summed E-state index contributed by atoms with van der Waals surface area (Å²) in [6.07, 6.45) is 0.382. The quantitative estimate of drug-likeness (QED) is 0.293. The number of benzene rings is 2. The highest BCUT2D eigenvalue weighted by Crippen LogP contribution is 2.25. The monoisotopic (exact) mass is 466 g/mol. The van der Waals surface area contributed by atoms with Crippen LogP contribution in [0.4, 0.5) is 5.69 Å². The van der Waals surface area contributed by atoms with Gasteiger partial charge in [0, 0.05) is 18.8 Å². The summed E-state index contributed by atoms with van der Waals surface area (Å²) in [6, 6.07) is 12.0. The fraction of sp³-hybridized carbons (Fsp3) is 0.360. The molecule has 0 fully saturated rings. The smallest absolute Gasteiger partial charge is 0.320 e. The van der Waals surface area contributed by atoms with Crippen LogP contribution in [-0.4, -0.2) is 52.3 Å². The number of aliphatic carboxylic acids is 1. The molecule has 180 valence electrons. The Bertz CT molecular complexity index is 1070. The summed E-state index contributed by atoms with van der Waals surface area (Å²) in [7, 11) is 0. The van der Waals surface area contributed by atoms with Crippen molar-refractivity contribution < 1.29 is 24.3 Å². The zero-order chi connectivity index (χ0) is 24.8. The molecule has 0 spiro atoms. The Morgan fingerprint density at radius 2 is 1.68 bits per heavy atom. The predicted molar refractivity (Wildman–Crippen MR) is 127 cm³/mol. The minimum absolute atomic E-state index is 0.0448. The fourth-order valence-corrected chi connectivity index (χ4v) is 3.92. The van der Waals surface area contributed by atoms with Crippen molar-refractivity contribution in [2.45, 2.75) is 45.3 Å². The molecule has 1 heterocycles. The number of rotatable bonds is 11. The second-order valence-electron chi connectivity index (χ2n) is 8.80. The lowest BCUT2D eigenvalue weighted by Crippen LogP contribution is -2.52. The number of carbonyl (C=O) groups excluding carboxylic acids is 3. The molecule has 0 unspecified atom stereocenters. The highest BCUT2D eigenvalue weighted by Gasteiger charge is 2.36. The summed E-state index contributed by atoms with van der Waals surface area (Å²) in [5.74, 6) is -2.32. The Labute approximate surface area is 198 Å². The van der Waals surface area contributed by atoms with Gasteiger partial charge in [0.25, 0.3) is 11.8 Å². The predicted octanol–water partition coefficient (Wildman–Crippen LogP) is 2.03. The fourth-order valence-electron chi connectivity index (χ4n) is 3.92. The number of nitrogens with zero attached hydrogens (tertiary/aromatic N) is 1. The summed E-state index contributed by atoms with van der Waals surface area (Å²) in [5, 5.41) is 15.5. The molecule has 9 nitrogen and oxygen atoms in total. The largest absolute Gasteiger partial charge is 0.480 e. The minimum Gasteiger partial charge on any atom is -0.480 e. The topological polar surface area (TPSA) is 142 Å². The number of amides is 3. The van der Waals surface area contributed by atoms with Gasteiger partial charge in [-0.25, -0.2) is 0 Å². The van der Waals surface area contributed by atoms with E-state index in [1.165, 1.54) is 12.1 Å². The van der Waals surface area contributed by atoms with Gasteiger partial charge < -0.3 is 16.2 Å². The van der Waals surface area contributed by atoms with Crippen LogP contribution in [0.3, 0.4) is 0 Å². The highest BCUT2D eigenvalue weighted by molar-refractivity contribution is 6.21. The van der Waals surface area contributed by atoms with E-state index < -0.39 is 29.9 Å². The first-order chi connectivity index (χ1) is 16.2. The number of fused-ring (bicyclic) bond motifs is 1. The van der Waals surface area contributed by atoms with Gasteiger partial charge in [-0.15, -0.1) is 0 Å². The Morgan fingerprint density at radius 1 is 1.00 bits per heavy atom. The van der Waals surface area contributed by atoms with E-state index in [9.17, 15) is 24.3 Å². The second kappa shape index (κ2) is 10.9. The van der Waals surface area contributed by atoms with Gasteiger partial charge in [-0.05, 0) is 42.5 Å². The number of nitrogens with one attached hydrogen (secondary N) is 2. The van der Waals surface area contributed by atoms with Crippen LogP contribution in [0, 0.1) is 5.92 Å². The molecule has 0 bridgehead atoms. The maximum Gasteiger partial charge on any atom is 0.320 e. The van der Waals surface area contributed by atoms with Crippen molar-refractivity contribution in [2.24, 2.45) is 5.92 Å². The van der Waals surface area contributed by atoms with Gasteiger partial charge in [0.15, 0.2) is 0 Å². The van der Waals surface area contributed by atoms with Crippen LogP contribution < -0.4 is 16.4 Å². The van der Waals surface area contributed by atoms with Crippen LogP contribution in [0.2, 0.25) is 0 Å². The van der Waals surface area contributed by atoms with Crippen LogP contribution in [0.1, 0.15) is 53.0 Å². The van der Waals surface area contributed by atoms with Gasteiger partial charge in [0.05, 0.1) is 17.2 Å². The van der Waals surface area contributed by atoms with Crippen LogP contribution >= 0.6 is 0 Å². The average Bonchev–Trinajstić information content (AvgIpc) is 3.03. The Hall–Kier alpha value is -3.72. The van der Waals surface area contributed by atoms with Gasteiger partial charge in [-0.1, -0.05) is 44.2 Å². The molecule has 1 aliphatic rings.